The van der Waals surface area contributed by atoms with Crippen molar-refractivity contribution < 1.29 is 36.9 Å². The summed E-state index contributed by atoms with van der Waals surface area (Å²) in [6.45, 7) is 4.15. The third-order valence-electron chi connectivity index (χ3n) is 3.29. The molecule has 0 spiro atoms. The van der Waals surface area contributed by atoms with Crippen LogP contribution in [0.4, 0.5) is 0 Å². The van der Waals surface area contributed by atoms with Crippen LogP contribution >= 0.6 is 46.4 Å². The summed E-state index contributed by atoms with van der Waals surface area (Å²) in [6, 6.07) is 0. The molecule has 0 unspecified atom stereocenters. The molecule has 0 atom stereocenters. The molecule has 0 aromatic heterocycles. The molecule has 153 valence electrons. The number of halogens is 4. The maximum atomic E-state index is 10.3. The summed E-state index contributed by atoms with van der Waals surface area (Å²) in [5.74, 6) is -2.80. The minimum Gasteiger partial charge on any atom is -0.547 e. The molecule has 0 saturated carbocycles. The van der Waals surface area contributed by atoms with E-state index in [1.165, 1.54) is 0 Å². The van der Waals surface area contributed by atoms with Crippen molar-refractivity contribution in [2.75, 3.05) is 0 Å². The fraction of sp³-hybridized carbons (Fsp3) is 0.875. The monoisotopic (exact) mass is 485 g/mol. The number of carboxylic acid groups (broad SMARTS) is 2. The van der Waals surface area contributed by atoms with Crippen molar-refractivity contribution in [2.24, 2.45) is 0 Å². The molecule has 0 heterocycles. The minimum atomic E-state index is -1.70. The van der Waals surface area contributed by atoms with E-state index in [2.05, 4.69) is 13.8 Å². The van der Waals surface area contributed by atoms with E-state index in [4.69, 9.17) is 46.4 Å². The smallest absolute Gasteiger partial charge is 0.547 e. The Balaban J connectivity index is -0.000000372. The number of carbonyl (C=O) groups excluding carboxylic acids is 2. The fourth-order valence-corrected chi connectivity index (χ4v) is 2.29. The van der Waals surface area contributed by atoms with Crippen molar-refractivity contribution >= 4 is 58.3 Å². The van der Waals surface area contributed by atoms with Gasteiger partial charge in [-0.2, -0.15) is 0 Å². The normalized spacial score (nSPS) is 11.1. The third kappa shape index (κ3) is 17.8. The van der Waals surface area contributed by atoms with E-state index in [9.17, 15) is 19.8 Å². The van der Waals surface area contributed by atoms with Crippen molar-refractivity contribution in [1.82, 2.24) is 0 Å². The molecule has 0 aromatic rings. The molecule has 0 saturated heterocycles. The van der Waals surface area contributed by atoms with Gasteiger partial charge in [0.2, 0.25) is 0 Å². The summed E-state index contributed by atoms with van der Waals surface area (Å²) < 4.78 is -3.40. The number of alkyl halides is 4. The van der Waals surface area contributed by atoms with Gasteiger partial charge in [-0.3, -0.25) is 0 Å². The van der Waals surface area contributed by atoms with Crippen molar-refractivity contribution in [1.29, 1.82) is 0 Å². The molecule has 0 aliphatic rings. The molecule has 0 aliphatic carbocycles. The van der Waals surface area contributed by atoms with Crippen LogP contribution in [0, 0.1) is 0 Å². The summed E-state index contributed by atoms with van der Waals surface area (Å²) in [5.41, 5.74) is 0. The van der Waals surface area contributed by atoms with Crippen LogP contribution in [0.1, 0.15) is 78.1 Å². The molecule has 25 heavy (non-hydrogen) atoms. The quantitative estimate of drug-likeness (QED) is 0.238. The SMILES string of the molecule is CCCCCCC(Cl)(Cl)C(=O)[O-].CCCCCCC(Cl)(Cl)C(=O)[O-].[Cu+2]. The molecule has 0 rings (SSSR count). The van der Waals surface area contributed by atoms with Gasteiger partial charge in [0.25, 0.3) is 0 Å². The van der Waals surface area contributed by atoms with Gasteiger partial charge in [0, 0.05) is 0 Å². The summed E-state index contributed by atoms with van der Waals surface area (Å²) in [4.78, 5) is 20.6. The standard InChI is InChI=1S/2C8H14Cl2O2.Cu/c2*1-2-3-4-5-6-8(9,10)7(11)12;/h2*2-6H2,1H3,(H,11,12);/q;;+2/p-2. The van der Waals surface area contributed by atoms with E-state index in [1.807, 2.05) is 0 Å². The van der Waals surface area contributed by atoms with E-state index in [0.717, 1.165) is 51.4 Å². The Hall–Kier alpha value is 0.619. The van der Waals surface area contributed by atoms with Gasteiger partial charge in [-0.15, -0.1) is 0 Å². The summed E-state index contributed by atoms with van der Waals surface area (Å²) in [5, 5.41) is 20.6. The largest absolute Gasteiger partial charge is 2.00 e. The number of aliphatic carboxylic acids is 2. The number of hydrogen-bond donors (Lipinski definition) is 0. The van der Waals surface area contributed by atoms with Gasteiger partial charge >= 0.3 is 17.1 Å². The Morgan fingerprint density at radius 3 is 1.16 bits per heavy atom. The second kappa shape index (κ2) is 16.8. The van der Waals surface area contributed by atoms with E-state index in [-0.39, 0.29) is 29.9 Å². The first-order chi connectivity index (χ1) is 11.0. The van der Waals surface area contributed by atoms with E-state index in [1.54, 1.807) is 0 Å². The van der Waals surface area contributed by atoms with Crippen LogP contribution < -0.4 is 10.2 Å². The van der Waals surface area contributed by atoms with Crippen molar-refractivity contribution in [3.05, 3.63) is 0 Å². The topological polar surface area (TPSA) is 80.3 Å². The van der Waals surface area contributed by atoms with Gasteiger partial charge in [-0.25, -0.2) is 0 Å². The Morgan fingerprint density at radius 2 is 0.960 bits per heavy atom. The van der Waals surface area contributed by atoms with Crippen molar-refractivity contribution in [2.45, 2.75) is 86.7 Å². The van der Waals surface area contributed by atoms with Crippen LogP contribution in [0.2, 0.25) is 0 Å². The number of hydrogen-bond acceptors (Lipinski definition) is 4. The zero-order valence-electron chi connectivity index (χ0n) is 14.5. The summed E-state index contributed by atoms with van der Waals surface area (Å²) in [6.07, 6.45) is 8.27. The van der Waals surface area contributed by atoms with Crippen LogP contribution in [-0.4, -0.2) is 20.6 Å². The molecule has 1 radical (unpaired) electrons. The molecule has 0 amide bonds. The number of carbonyl (C=O) groups is 2. The maximum absolute atomic E-state index is 10.3. The number of unbranched alkanes of at least 4 members (excludes halogenated alkanes) is 6. The van der Waals surface area contributed by atoms with Crippen LogP contribution in [0.15, 0.2) is 0 Å². The fourth-order valence-electron chi connectivity index (χ4n) is 1.75. The maximum Gasteiger partial charge on any atom is 2.00 e. The Kier molecular flexibility index (Phi) is 20.4. The summed E-state index contributed by atoms with van der Waals surface area (Å²) in [7, 11) is 0. The predicted octanol–water partition coefficient (Wildman–Crippen LogP) is 3.76. The van der Waals surface area contributed by atoms with Gasteiger partial charge < -0.3 is 19.8 Å². The van der Waals surface area contributed by atoms with E-state index in [0.29, 0.717) is 0 Å². The van der Waals surface area contributed by atoms with Gasteiger partial charge in [-0.05, 0) is 12.8 Å². The number of rotatable bonds is 12. The molecular weight excluding hydrogens is 462 g/mol. The molecule has 0 aliphatic heterocycles. The van der Waals surface area contributed by atoms with Gasteiger partial charge in [0.05, 0.1) is 11.9 Å². The van der Waals surface area contributed by atoms with Gasteiger partial charge in [0.15, 0.2) is 8.67 Å². The first-order valence-corrected chi connectivity index (χ1v) is 9.71. The molecule has 0 aromatic carbocycles. The Bertz CT molecular complexity index is 332. The molecule has 0 fully saturated rings. The van der Waals surface area contributed by atoms with Gasteiger partial charge in [-0.1, -0.05) is 112 Å². The van der Waals surface area contributed by atoms with Crippen LogP contribution in [-0.2, 0) is 26.7 Å². The van der Waals surface area contributed by atoms with E-state index >= 15 is 0 Å². The second-order valence-corrected chi connectivity index (χ2v) is 8.57. The zero-order valence-corrected chi connectivity index (χ0v) is 18.5. The Morgan fingerprint density at radius 1 is 0.680 bits per heavy atom. The molecule has 0 bridgehead atoms. The van der Waals surface area contributed by atoms with Crippen molar-refractivity contribution in [3.63, 3.8) is 0 Å². The Labute approximate surface area is 181 Å². The average molecular weight is 488 g/mol. The predicted molar refractivity (Wildman–Crippen MR) is 96.4 cm³/mol. The molecule has 4 nitrogen and oxygen atoms in total. The molecule has 0 N–H and O–H groups in total. The number of carboxylic acids is 2. The average Bonchev–Trinajstić information content (AvgIpc) is 2.48. The second-order valence-electron chi connectivity index (χ2n) is 5.61. The van der Waals surface area contributed by atoms with Gasteiger partial charge in [0.1, 0.15) is 0 Å². The first kappa shape index (κ1) is 30.4. The van der Waals surface area contributed by atoms with Crippen molar-refractivity contribution in [3.8, 4) is 0 Å². The van der Waals surface area contributed by atoms with E-state index < -0.39 is 20.6 Å². The third-order valence-corrected chi connectivity index (χ3v) is 4.66. The molecule has 9 heteroatoms. The van der Waals surface area contributed by atoms with Crippen LogP contribution in [0.25, 0.3) is 0 Å². The summed E-state index contributed by atoms with van der Waals surface area (Å²) >= 11 is 21.8. The minimum absolute atomic E-state index is 0. The zero-order chi connectivity index (χ0) is 19.2. The van der Waals surface area contributed by atoms with Crippen LogP contribution in [0.5, 0.6) is 0 Å². The molecular formula is C16H26Cl4CuO4. The first-order valence-electron chi connectivity index (χ1n) is 8.19. The van der Waals surface area contributed by atoms with Crippen LogP contribution in [0.3, 0.4) is 0 Å².